The van der Waals surface area contributed by atoms with E-state index in [4.69, 9.17) is 11.5 Å². The van der Waals surface area contributed by atoms with Gasteiger partial charge in [-0.3, -0.25) is 4.79 Å². The summed E-state index contributed by atoms with van der Waals surface area (Å²) < 4.78 is 1.25. The third-order valence-electron chi connectivity index (χ3n) is 1.87. The summed E-state index contributed by atoms with van der Waals surface area (Å²) in [5, 5.41) is 8.68. The molecule has 72 valence electrons. The van der Waals surface area contributed by atoms with E-state index < -0.39 is 11.5 Å². The number of hydrogen-bond donors (Lipinski definition) is 1. The number of carboxylic acids is 1. The van der Waals surface area contributed by atoms with Gasteiger partial charge in [0.1, 0.15) is 5.56 Å². The van der Waals surface area contributed by atoms with Crippen LogP contribution >= 0.6 is 0 Å². The highest BCUT2D eigenvalue weighted by atomic mass is 16.4. The fourth-order valence-corrected chi connectivity index (χ4v) is 1.12. The molecule has 0 atom stereocenters. The third-order valence-corrected chi connectivity index (χ3v) is 1.87. The van der Waals surface area contributed by atoms with Crippen molar-refractivity contribution >= 4 is 5.97 Å². The van der Waals surface area contributed by atoms with Gasteiger partial charge in [0.2, 0.25) is 0 Å². The molecule has 0 radical (unpaired) electrons. The molecule has 0 unspecified atom stereocenters. The van der Waals surface area contributed by atoms with E-state index in [9.17, 15) is 9.59 Å². The molecule has 0 bridgehead atoms. The van der Waals surface area contributed by atoms with Crippen molar-refractivity contribution in [2.24, 2.45) is 0 Å². The molecule has 1 N–H and O–H groups in total. The van der Waals surface area contributed by atoms with Crippen LogP contribution < -0.4 is 5.56 Å². The number of carboxylic acid groups (broad SMARTS) is 1. The molecule has 4 heteroatoms. The number of aromatic carboxylic acids is 1. The van der Waals surface area contributed by atoms with Gasteiger partial charge in [-0.1, -0.05) is 5.92 Å². The lowest BCUT2D eigenvalue weighted by atomic mass is 10.2. The summed E-state index contributed by atoms with van der Waals surface area (Å²) in [5.74, 6) is 1.07. The molecular weight excluding hydrogens is 182 g/mol. The maximum Gasteiger partial charge on any atom is 0.341 e. The van der Waals surface area contributed by atoms with Crippen molar-refractivity contribution in [2.75, 3.05) is 0 Å². The minimum atomic E-state index is -1.24. The molecule has 0 aliphatic heterocycles. The predicted molar refractivity (Wildman–Crippen MR) is 51.2 cm³/mol. The Morgan fingerprint density at radius 1 is 1.64 bits per heavy atom. The second-order valence-corrected chi connectivity index (χ2v) is 2.79. The van der Waals surface area contributed by atoms with E-state index >= 15 is 0 Å². The van der Waals surface area contributed by atoms with Crippen LogP contribution in [-0.4, -0.2) is 15.6 Å². The molecule has 1 aromatic rings. The van der Waals surface area contributed by atoms with Gasteiger partial charge < -0.3 is 9.67 Å². The quantitative estimate of drug-likeness (QED) is 0.692. The first-order valence-electron chi connectivity index (χ1n) is 3.95. The van der Waals surface area contributed by atoms with Crippen LogP contribution in [0.15, 0.2) is 16.9 Å². The molecule has 1 aromatic heterocycles. The van der Waals surface area contributed by atoms with Crippen molar-refractivity contribution in [2.45, 2.75) is 13.5 Å². The van der Waals surface area contributed by atoms with E-state index in [-0.39, 0.29) is 12.1 Å². The van der Waals surface area contributed by atoms with Crippen LogP contribution in [0.4, 0.5) is 0 Å². The van der Waals surface area contributed by atoms with Gasteiger partial charge in [0.25, 0.3) is 5.56 Å². The van der Waals surface area contributed by atoms with Crippen LogP contribution in [0.2, 0.25) is 0 Å². The standard InChI is InChI=1S/C10H9NO3/c1-3-6-11-7(2)4-5-8(9(11)12)10(13)14/h1,4-5H,6H2,2H3,(H,13,14). The van der Waals surface area contributed by atoms with Crippen LogP contribution in [0.1, 0.15) is 16.1 Å². The summed E-state index contributed by atoms with van der Waals surface area (Å²) >= 11 is 0. The molecule has 4 nitrogen and oxygen atoms in total. The fourth-order valence-electron chi connectivity index (χ4n) is 1.12. The summed E-state index contributed by atoms with van der Waals surface area (Å²) in [6, 6.07) is 2.84. The predicted octanol–water partition coefficient (Wildman–Crippen LogP) is 0.488. The number of rotatable bonds is 2. The summed E-state index contributed by atoms with van der Waals surface area (Å²) in [7, 11) is 0. The SMILES string of the molecule is C#CCn1c(C)ccc(C(=O)O)c1=O. The molecule has 0 amide bonds. The van der Waals surface area contributed by atoms with Crippen LogP contribution in [0, 0.1) is 19.3 Å². The van der Waals surface area contributed by atoms with Gasteiger partial charge in [0.15, 0.2) is 0 Å². The molecule has 1 rings (SSSR count). The number of terminal acetylenes is 1. The Bertz CT molecular complexity index is 465. The van der Waals surface area contributed by atoms with Crippen molar-refractivity contribution in [3.8, 4) is 12.3 Å². The maximum absolute atomic E-state index is 11.5. The molecule has 14 heavy (non-hydrogen) atoms. The van der Waals surface area contributed by atoms with Crippen molar-refractivity contribution in [1.82, 2.24) is 4.57 Å². The third kappa shape index (κ3) is 1.67. The van der Waals surface area contributed by atoms with Crippen LogP contribution in [-0.2, 0) is 6.54 Å². The molecule has 0 fully saturated rings. The van der Waals surface area contributed by atoms with Gasteiger partial charge in [-0.25, -0.2) is 4.79 Å². The number of nitrogens with zero attached hydrogens (tertiary/aromatic N) is 1. The van der Waals surface area contributed by atoms with Crippen LogP contribution in [0.3, 0.4) is 0 Å². The molecule has 0 aliphatic carbocycles. The minimum Gasteiger partial charge on any atom is -0.477 e. The number of carbonyl (C=O) groups is 1. The van der Waals surface area contributed by atoms with Crippen molar-refractivity contribution in [3.05, 3.63) is 33.7 Å². The maximum atomic E-state index is 11.5. The molecule has 0 aromatic carbocycles. The number of aryl methyl sites for hydroxylation is 1. The first kappa shape index (κ1) is 10.1. The van der Waals surface area contributed by atoms with Gasteiger partial charge in [0, 0.05) is 5.69 Å². The number of pyridine rings is 1. The summed E-state index contributed by atoms with van der Waals surface area (Å²) in [6.45, 7) is 1.79. The van der Waals surface area contributed by atoms with Gasteiger partial charge in [-0.15, -0.1) is 6.42 Å². The monoisotopic (exact) mass is 191 g/mol. The van der Waals surface area contributed by atoms with Gasteiger partial charge in [-0.05, 0) is 19.1 Å². The van der Waals surface area contributed by atoms with E-state index in [1.54, 1.807) is 13.0 Å². The lowest BCUT2D eigenvalue weighted by Crippen LogP contribution is -2.27. The van der Waals surface area contributed by atoms with E-state index in [0.717, 1.165) is 0 Å². The Morgan fingerprint density at radius 2 is 2.29 bits per heavy atom. The first-order chi connectivity index (χ1) is 6.57. The Labute approximate surface area is 80.8 Å². The van der Waals surface area contributed by atoms with Crippen molar-refractivity contribution in [3.63, 3.8) is 0 Å². The highest BCUT2D eigenvalue weighted by Crippen LogP contribution is 1.98. The van der Waals surface area contributed by atoms with Gasteiger partial charge >= 0.3 is 5.97 Å². The smallest absolute Gasteiger partial charge is 0.341 e. The Balaban J connectivity index is 3.43. The van der Waals surface area contributed by atoms with E-state index in [0.29, 0.717) is 5.69 Å². The largest absolute Gasteiger partial charge is 0.477 e. The zero-order valence-electron chi connectivity index (χ0n) is 7.65. The molecule has 0 saturated heterocycles. The number of aromatic nitrogens is 1. The summed E-state index contributed by atoms with van der Waals surface area (Å²) in [5.41, 5.74) is -0.167. The molecule has 1 heterocycles. The number of hydrogen-bond acceptors (Lipinski definition) is 2. The zero-order chi connectivity index (χ0) is 10.7. The Morgan fingerprint density at radius 3 is 2.79 bits per heavy atom. The average molecular weight is 191 g/mol. The van der Waals surface area contributed by atoms with Crippen LogP contribution in [0.5, 0.6) is 0 Å². The highest BCUT2D eigenvalue weighted by Gasteiger charge is 2.11. The molecule has 0 aliphatic rings. The molecule has 0 saturated carbocycles. The normalized spacial score (nSPS) is 9.43. The second-order valence-electron chi connectivity index (χ2n) is 2.79. The van der Waals surface area contributed by atoms with Gasteiger partial charge in [0.05, 0.1) is 6.54 Å². The van der Waals surface area contributed by atoms with E-state index in [2.05, 4.69) is 5.92 Å². The lowest BCUT2D eigenvalue weighted by molar-refractivity contribution is 0.0694. The minimum absolute atomic E-state index is 0.0891. The lowest BCUT2D eigenvalue weighted by Gasteiger charge is -2.06. The summed E-state index contributed by atoms with van der Waals surface area (Å²) in [4.78, 5) is 22.1. The first-order valence-corrected chi connectivity index (χ1v) is 3.95. The van der Waals surface area contributed by atoms with Crippen molar-refractivity contribution in [1.29, 1.82) is 0 Å². The van der Waals surface area contributed by atoms with Crippen molar-refractivity contribution < 1.29 is 9.90 Å². The van der Waals surface area contributed by atoms with Crippen LogP contribution in [0.25, 0.3) is 0 Å². The highest BCUT2D eigenvalue weighted by molar-refractivity contribution is 5.87. The topological polar surface area (TPSA) is 59.3 Å². The zero-order valence-corrected chi connectivity index (χ0v) is 7.65. The summed E-state index contributed by atoms with van der Waals surface area (Å²) in [6.07, 6.45) is 5.07. The molecule has 0 spiro atoms. The van der Waals surface area contributed by atoms with Gasteiger partial charge in [-0.2, -0.15) is 0 Å². The van der Waals surface area contributed by atoms with E-state index in [1.807, 2.05) is 0 Å². The molecular formula is C10H9NO3. The average Bonchev–Trinajstić information content (AvgIpc) is 2.11. The Kier molecular flexibility index (Phi) is 2.73. The fraction of sp³-hybridized carbons (Fsp3) is 0.200. The Hall–Kier alpha value is -2.02. The second kappa shape index (κ2) is 3.79. The van der Waals surface area contributed by atoms with E-state index in [1.165, 1.54) is 10.6 Å².